The minimum atomic E-state index is -0.209. The van der Waals surface area contributed by atoms with Crippen LogP contribution >= 0.6 is 12.4 Å². The molecule has 4 nitrogen and oxygen atoms in total. The second kappa shape index (κ2) is 5.14. The molecule has 2 aliphatic rings. The largest absolute Gasteiger partial charge is 0.312 e. The van der Waals surface area contributed by atoms with E-state index in [1.165, 1.54) is 25.0 Å². The molecule has 2 aromatic rings. The van der Waals surface area contributed by atoms with Crippen LogP contribution < -0.4 is 5.32 Å². The van der Waals surface area contributed by atoms with Crippen LogP contribution in [-0.4, -0.2) is 21.3 Å². The fourth-order valence-electron chi connectivity index (χ4n) is 2.75. The molecule has 1 saturated carbocycles. The molecule has 4 rings (SSSR count). The van der Waals surface area contributed by atoms with Crippen molar-refractivity contribution in [3.05, 3.63) is 47.3 Å². The molecule has 1 atom stereocenters. The number of aromatic nitrogens is 3. The van der Waals surface area contributed by atoms with Gasteiger partial charge in [0.05, 0.1) is 6.04 Å². The monoisotopic (exact) mass is 294 g/mol. The molecule has 20 heavy (non-hydrogen) atoms. The molecule has 1 fully saturated rings. The number of fused-ring (bicyclic) bond motifs is 1. The van der Waals surface area contributed by atoms with Gasteiger partial charge in [-0.05, 0) is 30.5 Å². The summed E-state index contributed by atoms with van der Waals surface area (Å²) in [6, 6.07) is 6.64. The molecular formula is C14H16ClFN4. The Balaban J connectivity index is 0.00000121. The van der Waals surface area contributed by atoms with Gasteiger partial charge in [-0.1, -0.05) is 12.1 Å². The van der Waals surface area contributed by atoms with Crippen molar-refractivity contribution in [3.63, 3.8) is 0 Å². The van der Waals surface area contributed by atoms with Crippen molar-refractivity contribution < 1.29 is 4.39 Å². The van der Waals surface area contributed by atoms with E-state index in [1.54, 1.807) is 0 Å². The summed E-state index contributed by atoms with van der Waals surface area (Å²) in [6.07, 6.45) is 2.46. The highest BCUT2D eigenvalue weighted by molar-refractivity contribution is 5.85. The van der Waals surface area contributed by atoms with Crippen LogP contribution in [0.15, 0.2) is 24.3 Å². The predicted molar refractivity (Wildman–Crippen MR) is 75.5 cm³/mol. The van der Waals surface area contributed by atoms with Gasteiger partial charge in [0.15, 0.2) is 5.82 Å². The van der Waals surface area contributed by atoms with Gasteiger partial charge in [0, 0.05) is 19.0 Å². The van der Waals surface area contributed by atoms with Crippen LogP contribution in [0.2, 0.25) is 0 Å². The fraction of sp³-hybridized carbons (Fsp3) is 0.429. The lowest BCUT2D eigenvalue weighted by atomic mass is 10.0. The van der Waals surface area contributed by atoms with Gasteiger partial charge in [0.2, 0.25) is 0 Å². The standard InChI is InChI=1S/C14H15FN4.ClH/c15-11-5-3-9(4-6-11)12-14-18-17-13(10-1-2-10)19(14)8-7-16-12;/h3-6,10,12,16H,1-2,7-8H2;1H. The summed E-state index contributed by atoms with van der Waals surface area (Å²) >= 11 is 0. The molecule has 1 N–H and O–H groups in total. The predicted octanol–water partition coefficient (Wildman–Crippen LogP) is 2.41. The Morgan fingerprint density at radius 2 is 1.80 bits per heavy atom. The molecule has 0 bridgehead atoms. The molecule has 6 heteroatoms. The smallest absolute Gasteiger partial charge is 0.154 e. The third kappa shape index (κ3) is 2.21. The second-order valence-corrected chi connectivity index (χ2v) is 5.28. The second-order valence-electron chi connectivity index (χ2n) is 5.28. The average molecular weight is 295 g/mol. The summed E-state index contributed by atoms with van der Waals surface area (Å²) in [5.74, 6) is 2.48. The Kier molecular flexibility index (Phi) is 3.48. The minimum absolute atomic E-state index is 0. The van der Waals surface area contributed by atoms with Crippen LogP contribution in [0.3, 0.4) is 0 Å². The normalized spacial score (nSPS) is 21.1. The lowest BCUT2D eigenvalue weighted by molar-refractivity contribution is 0.447. The van der Waals surface area contributed by atoms with Crippen molar-refractivity contribution >= 4 is 12.4 Å². The van der Waals surface area contributed by atoms with Crippen molar-refractivity contribution in [2.45, 2.75) is 31.3 Å². The van der Waals surface area contributed by atoms with Crippen molar-refractivity contribution in [2.75, 3.05) is 6.54 Å². The molecular weight excluding hydrogens is 279 g/mol. The zero-order chi connectivity index (χ0) is 12.8. The lowest BCUT2D eigenvalue weighted by Crippen LogP contribution is -2.34. The van der Waals surface area contributed by atoms with E-state index in [0.29, 0.717) is 5.92 Å². The van der Waals surface area contributed by atoms with Gasteiger partial charge < -0.3 is 9.88 Å². The maximum absolute atomic E-state index is 13.0. The molecule has 1 aliphatic carbocycles. The first-order chi connectivity index (χ1) is 9.33. The topological polar surface area (TPSA) is 42.7 Å². The summed E-state index contributed by atoms with van der Waals surface area (Å²) in [7, 11) is 0. The summed E-state index contributed by atoms with van der Waals surface area (Å²) in [5.41, 5.74) is 1.04. The molecule has 0 saturated heterocycles. The summed E-state index contributed by atoms with van der Waals surface area (Å²) in [5, 5.41) is 12.1. The van der Waals surface area contributed by atoms with Gasteiger partial charge >= 0.3 is 0 Å². The van der Waals surface area contributed by atoms with E-state index in [-0.39, 0.29) is 24.3 Å². The first-order valence-corrected chi connectivity index (χ1v) is 6.75. The summed E-state index contributed by atoms with van der Waals surface area (Å²) in [6.45, 7) is 1.82. The molecule has 0 radical (unpaired) electrons. The zero-order valence-corrected chi connectivity index (χ0v) is 11.7. The highest BCUT2D eigenvalue weighted by Gasteiger charge is 2.33. The van der Waals surface area contributed by atoms with Crippen molar-refractivity contribution in [1.82, 2.24) is 20.1 Å². The molecule has 1 unspecified atom stereocenters. The molecule has 1 aromatic carbocycles. The van der Waals surface area contributed by atoms with E-state index in [1.807, 2.05) is 12.1 Å². The third-order valence-electron chi connectivity index (χ3n) is 3.90. The van der Waals surface area contributed by atoms with Crippen LogP contribution in [0, 0.1) is 5.82 Å². The molecule has 1 aromatic heterocycles. The van der Waals surface area contributed by atoms with E-state index in [0.717, 1.165) is 30.3 Å². The van der Waals surface area contributed by atoms with Crippen LogP contribution in [-0.2, 0) is 6.54 Å². The number of nitrogens with one attached hydrogen (secondary N) is 1. The van der Waals surface area contributed by atoms with Crippen LogP contribution in [0.1, 0.15) is 42.0 Å². The van der Waals surface area contributed by atoms with Gasteiger partial charge in [-0.2, -0.15) is 0 Å². The van der Waals surface area contributed by atoms with E-state index in [9.17, 15) is 4.39 Å². The number of nitrogens with zero attached hydrogens (tertiary/aromatic N) is 3. The zero-order valence-electron chi connectivity index (χ0n) is 10.9. The number of benzene rings is 1. The van der Waals surface area contributed by atoms with Gasteiger partial charge in [0.1, 0.15) is 11.6 Å². The maximum Gasteiger partial charge on any atom is 0.154 e. The fourth-order valence-corrected chi connectivity index (χ4v) is 2.75. The first kappa shape index (κ1) is 13.5. The molecule has 106 valence electrons. The molecule has 0 amide bonds. The Labute approximate surface area is 122 Å². The number of hydrogen-bond donors (Lipinski definition) is 1. The maximum atomic E-state index is 13.0. The van der Waals surface area contributed by atoms with Crippen LogP contribution in [0.4, 0.5) is 4.39 Å². The quantitative estimate of drug-likeness (QED) is 0.925. The molecule has 2 heterocycles. The van der Waals surface area contributed by atoms with Gasteiger partial charge in [-0.15, -0.1) is 22.6 Å². The Morgan fingerprint density at radius 1 is 1.10 bits per heavy atom. The van der Waals surface area contributed by atoms with Gasteiger partial charge in [0.25, 0.3) is 0 Å². The Morgan fingerprint density at radius 3 is 2.50 bits per heavy atom. The average Bonchev–Trinajstić information content (AvgIpc) is 3.19. The number of rotatable bonds is 2. The Bertz CT molecular complexity index is 606. The number of halogens is 2. The first-order valence-electron chi connectivity index (χ1n) is 6.75. The minimum Gasteiger partial charge on any atom is -0.312 e. The third-order valence-corrected chi connectivity index (χ3v) is 3.90. The SMILES string of the molecule is Cl.Fc1ccc(C2NCCn3c(C4CC4)nnc32)cc1. The molecule has 1 aliphatic heterocycles. The lowest BCUT2D eigenvalue weighted by Gasteiger charge is -2.25. The van der Waals surface area contributed by atoms with E-state index >= 15 is 0 Å². The van der Waals surface area contributed by atoms with E-state index in [2.05, 4.69) is 20.1 Å². The summed E-state index contributed by atoms with van der Waals surface area (Å²) in [4.78, 5) is 0. The molecule has 0 spiro atoms. The number of hydrogen-bond acceptors (Lipinski definition) is 3. The van der Waals surface area contributed by atoms with E-state index in [4.69, 9.17) is 0 Å². The summed E-state index contributed by atoms with van der Waals surface area (Å²) < 4.78 is 15.3. The van der Waals surface area contributed by atoms with Crippen LogP contribution in [0.25, 0.3) is 0 Å². The van der Waals surface area contributed by atoms with Crippen molar-refractivity contribution in [2.24, 2.45) is 0 Å². The van der Waals surface area contributed by atoms with E-state index < -0.39 is 0 Å². The Hall–Kier alpha value is -1.46. The highest BCUT2D eigenvalue weighted by atomic mass is 35.5. The van der Waals surface area contributed by atoms with Gasteiger partial charge in [-0.3, -0.25) is 0 Å². The van der Waals surface area contributed by atoms with Crippen LogP contribution in [0.5, 0.6) is 0 Å². The van der Waals surface area contributed by atoms with Crippen molar-refractivity contribution in [1.29, 1.82) is 0 Å². The highest BCUT2D eigenvalue weighted by Crippen LogP contribution is 2.40. The van der Waals surface area contributed by atoms with Crippen molar-refractivity contribution in [3.8, 4) is 0 Å². The van der Waals surface area contributed by atoms with Gasteiger partial charge in [-0.25, -0.2) is 4.39 Å².